The zero-order chi connectivity index (χ0) is 25.4. The van der Waals surface area contributed by atoms with E-state index < -0.39 is 11.7 Å². The molecule has 2 aliphatic carbocycles. The van der Waals surface area contributed by atoms with Crippen LogP contribution in [0.3, 0.4) is 0 Å². The molecule has 0 aromatic heterocycles. The molecule has 2 fully saturated rings. The first kappa shape index (κ1) is 25.6. The molecule has 0 spiro atoms. The Morgan fingerprint density at radius 2 is 1.89 bits per heavy atom. The summed E-state index contributed by atoms with van der Waals surface area (Å²) in [7, 11) is 0. The molecule has 1 N–H and O–H groups in total. The maximum atomic E-state index is 11.8. The third-order valence-electron chi connectivity index (χ3n) is 8.91. The van der Waals surface area contributed by atoms with Gasteiger partial charge < -0.3 is 24.2 Å². The van der Waals surface area contributed by atoms with Gasteiger partial charge in [0.15, 0.2) is 11.5 Å². The number of benzene rings is 1. The zero-order valence-corrected chi connectivity index (χ0v) is 22.1. The highest BCUT2D eigenvalue weighted by Crippen LogP contribution is 2.51. The number of rotatable bonds is 6. The van der Waals surface area contributed by atoms with E-state index in [2.05, 4.69) is 41.9 Å². The van der Waals surface area contributed by atoms with E-state index in [-0.39, 0.29) is 17.8 Å². The second-order valence-electron chi connectivity index (χ2n) is 11.4. The van der Waals surface area contributed by atoms with E-state index in [1.807, 2.05) is 19.4 Å². The Morgan fingerprint density at radius 1 is 1.17 bits per heavy atom. The monoisotopic (exact) mass is 497 g/mol. The summed E-state index contributed by atoms with van der Waals surface area (Å²) in [6.07, 6.45) is 5.79. The summed E-state index contributed by atoms with van der Waals surface area (Å²) >= 11 is 0. The van der Waals surface area contributed by atoms with Crippen molar-refractivity contribution in [3.05, 3.63) is 41.8 Å². The third-order valence-corrected chi connectivity index (χ3v) is 8.91. The van der Waals surface area contributed by atoms with Crippen molar-refractivity contribution in [2.75, 3.05) is 39.5 Å². The number of nitrogens with zero attached hydrogens (tertiary/aromatic N) is 2. The summed E-state index contributed by atoms with van der Waals surface area (Å²) in [6, 6.07) is 6.25. The Balaban J connectivity index is 1.17. The van der Waals surface area contributed by atoms with Crippen LogP contribution < -0.4 is 9.47 Å². The van der Waals surface area contributed by atoms with Crippen molar-refractivity contribution in [3.8, 4) is 11.5 Å². The van der Waals surface area contributed by atoms with Crippen molar-refractivity contribution in [1.82, 2.24) is 9.80 Å². The molecule has 1 aromatic rings. The number of piperazine rings is 1. The van der Waals surface area contributed by atoms with Crippen molar-refractivity contribution in [2.24, 2.45) is 23.7 Å². The minimum absolute atomic E-state index is 0.0651. The van der Waals surface area contributed by atoms with Gasteiger partial charge in [0.2, 0.25) is 6.79 Å². The Labute approximate surface area is 215 Å². The number of carbonyl (C=O) groups excluding carboxylic acids is 1. The Kier molecular flexibility index (Phi) is 7.34. The summed E-state index contributed by atoms with van der Waals surface area (Å²) in [5.74, 6) is 2.47. The van der Waals surface area contributed by atoms with Crippen LogP contribution >= 0.6 is 0 Å². The van der Waals surface area contributed by atoms with Crippen LogP contribution in [0.2, 0.25) is 0 Å². The van der Waals surface area contributed by atoms with E-state index >= 15 is 0 Å². The third kappa shape index (κ3) is 5.15. The van der Waals surface area contributed by atoms with Crippen LogP contribution in [0.1, 0.15) is 46.1 Å². The molecule has 7 heteroatoms. The van der Waals surface area contributed by atoms with Crippen molar-refractivity contribution < 1.29 is 24.1 Å². The largest absolute Gasteiger partial charge is 0.458 e. The van der Waals surface area contributed by atoms with Crippen molar-refractivity contribution >= 4 is 5.97 Å². The fourth-order valence-electron chi connectivity index (χ4n) is 6.72. The van der Waals surface area contributed by atoms with Crippen LogP contribution in [0.25, 0.3) is 0 Å². The molecule has 197 valence electrons. The lowest BCUT2D eigenvalue weighted by Gasteiger charge is -2.53. The lowest BCUT2D eigenvalue weighted by molar-refractivity contribution is -0.148. The van der Waals surface area contributed by atoms with Crippen LogP contribution in [-0.4, -0.2) is 72.1 Å². The lowest BCUT2D eigenvalue weighted by Crippen LogP contribution is -2.57. The maximum Gasteiger partial charge on any atom is 0.303 e. The molecule has 1 saturated carbocycles. The van der Waals surface area contributed by atoms with Gasteiger partial charge >= 0.3 is 5.97 Å². The molecule has 2 heterocycles. The quantitative estimate of drug-likeness (QED) is 0.475. The van der Waals surface area contributed by atoms with Gasteiger partial charge in [-0.15, -0.1) is 0 Å². The molecule has 2 aliphatic heterocycles. The first-order valence-corrected chi connectivity index (χ1v) is 13.5. The predicted molar refractivity (Wildman–Crippen MR) is 137 cm³/mol. The lowest BCUT2D eigenvalue weighted by atomic mass is 9.57. The van der Waals surface area contributed by atoms with E-state index in [0.29, 0.717) is 18.6 Å². The van der Waals surface area contributed by atoms with Crippen molar-refractivity contribution in [1.29, 1.82) is 0 Å². The fraction of sp³-hybridized carbons (Fsp3) is 0.655. The number of aliphatic hydroxyl groups is 1. The topological polar surface area (TPSA) is 71.5 Å². The van der Waals surface area contributed by atoms with Crippen molar-refractivity contribution in [2.45, 2.75) is 58.8 Å². The van der Waals surface area contributed by atoms with Gasteiger partial charge in [-0.05, 0) is 60.8 Å². The number of hydrogen-bond acceptors (Lipinski definition) is 7. The van der Waals surface area contributed by atoms with Gasteiger partial charge in [-0.1, -0.05) is 26.0 Å². The molecule has 36 heavy (non-hydrogen) atoms. The van der Waals surface area contributed by atoms with Crippen LogP contribution in [0.5, 0.6) is 11.5 Å². The molecule has 4 aliphatic rings. The fourth-order valence-corrected chi connectivity index (χ4v) is 6.72. The van der Waals surface area contributed by atoms with Crippen LogP contribution in [0.15, 0.2) is 29.8 Å². The molecule has 0 bridgehead atoms. The van der Waals surface area contributed by atoms with Gasteiger partial charge in [-0.25, -0.2) is 0 Å². The smallest absolute Gasteiger partial charge is 0.303 e. The molecule has 1 aromatic carbocycles. The average Bonchev–Trinajstić information content (AvgIpc) is 3.30. The summed E-state index contributed by atoms with van der Waals surface area (Å²) in [5.41, 5.74) is 1.36. The van der Waals surface area contributed by atoms with Gasteiger partial charge in [-0.2, -0.15) is 0 Å². The number of hydrogen-bond donors (Lipinski definition) is 1. The predicted octanol–water partition coefficient (Wildman–Crippen LogP) is 3.66. The van der Waals surface area contributed by atoms with Crippen LogP contribution in [0.4, 0.5) is 0 Å². The van der Waals surface area contributed by atoms with E-state index in [0.717, 1.165) is 69.2 Å². The highest BCUT2D eigenvalue weighted by molar-refractivity contribution is 5.66. The van der Waals surface area contributed by atoms with Gasteiger partial charge in [0.1, 0.15) is 6.10 Å². The second kappa shape index (κ2) is 10.3. The number of fused-ring (bicyclic) bond motifs is 2. The van der Waals surface area contributed by atoms with E-state index in [4.69, 9.17) is 14.2 Å². The minimum atomic E-state index is -0.930. The number of esters is 1. The Hall–Kier alpha value is -2.09. The Morgan fingerprint density at radius 3 is 2.64 bits per heavy atom. The highest BCUT2D eigenvalue weighted by atomic mass is 16.7. The van der Waals surface area contributed by atoms with Crippen LogP contribution in [-0.2, 0) is 16.1 Å². The average molecular weight is 498 g/mol. The summed E-state index contributed by atoms with van der Waals surface area (Å²) in [4.78, 5) is 16.7. The minimum Gasteiger partial charge on any atom is -0.458 e. The zero-order valence-electron chi connectivity index (χ0n) is 22.1. The molecule has 1 radical (unpaired) electrons. The molecule has 6 atom stereocenters. The highest BCUT2D eigenvalue weighted by Gasteiger charge is 2.53. The number of ether oxygens (including phenoxy) is 3. The number of carbonyl (C=O) groups is 1. The molecule has 1 saturated heterocycles. The first-order valence-electron chi connectivity index (χ1n) is 13.5. The SMILES string of the molecule is CC(=O)O[C@@H]1[CH][C@@]2(O)[C@H](C)CC[C@@H](C(C)CN3CCN(Cc4ccc5c(c4)OCO5)CC3)[C@H]2C=C1C. The van der Waals surface area contributed by atoms with E-state index in [1.165, 1.54) is 12.5 Å². The maximum absolute atomic E-state index is 11.8. The molecule has 1 unspecified atom stereocenters. The van der Waals surface area contributed by atoms with Crippen molar-refractivity contribution in [3.63, 3.8) is 0 Å². The second-order valence-corrected chi connectivity index (χ2v) is 11.4. The summed E-state index contributed by atoms with van der Waals surface area (Å²) in [5, 5.41) is 11.8. The molecular formula is C29H41N2O5. The van der Waals surface area contributed by atoms with Gasteiger partial charge in [-0.3, -0.25) is 9.69 Å². The van der Waals surface area contributed by atoms with Gasteiger partial charge in [0.25, 0.3) is 0 Å². The molecule has 7 nitrogen and oxygen atoms in total. The molecular weight excluding hydrogens is 456 g/mol. The summed E-state index contributed by atoms with van der Waals surface area (Å²) < 4.78 is 16.5. The normalized spacial score (nSPS) is 33.5. The molecule has 5 rings (SSSR count). The van der Waals surface area contributed by atoms with Gasteiger partial charge in [0.05, 0.1) is 5.60 Å². The Bertz CT molecular complexity index is 988. The van der Waals surface area contributed by atoms with Gasteiger partial charge in [0, 0.05) is 58.5 Å². The van der Waals surface area contributed by atoms with E-state index in [9.17, 15) is 9.90 Å². The first-order chi connectivity index (χ1) is 17.2. The molecule has 0 amide bonds. The standard InChI is InChI=1S/C29H41N2O5/c1-19-13-25-24(7-5-21(3)29(25,33)15-28(19)36-22(4)32)20(2)16-30-9-11-31(12-10-30)17-23-6-8-26-27(14-23)35-18-34-26/h6,8,13-15,20-21,24-25,28,33H,5,7,9-12,16-18H2,1-4H3/t20?,21-,24+,25-,28-,29-/m1/s1. The van der Waals surface area contributed by atoms with E-state index in [1.54, 1.807) is 0 Å². The van der Waals surface area contributed by atoms with Crippen LogP contribution in [0, 0.1) is 30.1 Å². The summed E-state index contributed by atoms with van der Waals surface area (Å²) in [6.45, 7) is 14.4.